The topological polar surface area (TPSA) is 25.4 Å². The number of morpholine rings is 1. The first-order valence-corrected chi connectivity index (χ1v) is 10.0. The first-order chi connectivity index (χ1) is 12.7. The van der Waals surface area contributed by atoms with E-state index in [1.807, 2.05) is 12.3 Å². The van der Waals surface area contributed by atoms with Gasteiger partial charge in [0.15, 0.2) is 0 Å². The lowest BCUT2D eigenvalue weighted by Gasteiger charge is -2.36. The summed E-state index contributed by atoms with van der Waals surface area (Å²) in [6.07, 6.45) is 1.90. The van der Waals surface area contributed by atoms with Crippen LogP contribution in [0.1, 0.15) is 70.0 Å². The molecule has 1 fully saturated rings. The van der Waals surface area contributed by atoms with Crippen LogP contribution in [0.15, 0.2) is 42.6 Å². The van der Waals surface area contributed by atoms with Crippen LogP contribution < -0.4 is 0 Å². The van der Waals surface area contributed by atoms with E-state index >= 15 is 0 Å². The van der Waals surface area contributed by atoms with Crippen LogP contribution in [-0.2, 0) is 15.6 Å². The molecule has 1 aromatic heterocycles. The molecule has 1 aliphatic heterocycles. The molecule has 146 valence electrons. The molecular weight excluding hydrogens is 332 g/mol. The van der Waals surface area contributed by atoms with E-state index in [0.29, 0.717) is 0 Å². The standard InChI is InChI=1S/C24H34N2O/c1-23(2,3)19-15-18(16-20(17-19)24(4,5)6)22(21-9-7-8-10-25-21)26-11-13-27-14-12-26/h7-10,15-17,22H,11-14H2,1-6H3. The van der Waals surface area contributed by atoms with Gasteiger partial charge >= 0.3 is 0 Å². The van der Waals surface area contributed by atoms with Crippen molar-refractivity contribution in [1.82, 2.24) is 9.88 Å². The molecule has 1 unspecified atom stereocenters. The van der Waals surface area contributed by atoms with Crippen LogP contribution in [-0.4, -0.2) is 36.2 Å². The third-order valence-corrected chi connectivity index (χ3v) is 5.38. The van der Waals surface area contributed by atoms with E-state index in [-0.39, 0.29) is 16.9 Å². The van der Waals surface area contributed by atoms with Crippen LogP contribution >= 0.6 is 0 Å². The molecule has 3 heteroatoms. The molecule has 0 amide bonds. The molecular formula is C24H34N2O. The Morgan fingerprint density at radius 2 is 1.48 bits per heavy atom. The van der Waals surface area contributed by atoms with E-state index < -0.39 is 0 Å². The van der Waals surface area contributed by atoms with E-state index in [4.69, 9.17) is 9.72 Å². The first kappa shape index (κ1) is 20.0. The van der Waals surface area contributed by atoms with Crippen LogP contribution in [0.25, 0.3) is 0 Å². The van der Waals surface area contributed by atoms with Gasteiger partial charge in [-0.15, -0.1) is 0 Å². The highest BCUT2D eigenvalue weighted by molar-refractivity contribution is 5.41. The minimum Gasteiger partial charge on any atom is -0.379 e. The highest BCUT2D eigenvalue weighted by atomic mass is 16.5. The van der Waals surface area contributed by atoms with E-state index in [2.05, 4.69) is 76.8 Å². The highest BCUT2D eigenvalue weighted by Gasteiger charge is 2.28. The average Bonchev–Trinajstić information content (AvgIpc) is 2.62. The van der Waals surface area contributed by atoms with Crippen LogP contribution in [0.3, 0.4) is 0 Å². The van der Waals surface area contributed by atoms with Crippen molar-refractivity contribution in [2.24, 2.45) is 0 Å². The Kier molecular flexibility index (Phi) is 5.73. The third-order valence-electron chi connectivity index (χ3n) is 5.38. The van der Waals surface area contributed by atoms with E-state index in [1.54, 1.807) is 0 Å². The van der Waals surface area contributed by atoms with Gasteiger partial charge in [-0.05, 0) is 39.7 Å². The molecule has 0 spiro atoms. The van der Waals surface area contributed by atoms with Gasteiger partial charge in [0, 0.05) is 19.3 Å². The zero-order valence-electron chi connectivity index (χ0n) is 17.7. The van der Waals surface area contributed by atoms with E-state index in [9.17, 15) is 0 Å². The van der Waals surface area contributed by atoms with Gasteiger partial charge < -0.3 is 4.74 Å². The lowest BCUT2D eigenvalue weighted by Crippen LogP contribution is -2.40. The third kappa shape index (κ3) is 4.77. The van der Waals surface area contributed by atoms with E-state index in [0.717, 1.165) is 32.0 Å². The fourth-order valence-electron chi connectivity index (χ4n) is 3.62. The van der Waals surface area contributed by atoms with Crippen molar-refractivity contribution >= 4 is 0 Å². The molecule has 3 rings (SSSR count). The smallest absolute Gasteiger partial charge is 0.0778 e. The number of hydrogen-bond acceptors (Lipinski definition) is 3. The fraction of sp³-hybridized carbons (Fsp3) is 0.542. The number of aromatic nitrogens is 1. The first-order valence-electron chi connectivity index (χ1n) is 10.0. The van der Waals surface area contributed by atoms with Crippen molar-refractivity contribution in [3.63, 3.8) is 0 Å². The Morgan fingerprint density at radius 3 is 1.96 bits per heavy atom. The van der Waals surface area contributed by atoms with Gasteiger partial charge in [0.25, 0.3) is 0 Å². The molecule has 1 atom stereocenters. The summed E-state index contributed by atoms with van der Waals surface area (Å²) < 4.78 is 5.62. The summed E-state index contributed by atoms with van der Waals surface area (Å²) in [5.74, 6) is 0. The van der Waals surface area contributed by atoms with Crippen LogP contribution in [0.4, 0.5) is 0 Å². The Morgan fingerprint density at radius 1 is 0.889 bits per heavy atom. The summed E-state index contributed by atoms with van der Waals surface area (Å²) in [5, 5.41) is 0. The zero-order chi connectivity index (χ0) is 19.7. The largest absolute Gasteiger partial charge is 0.379 e. The number of nitrogens with zero attached hydrogens (tertiary/aromatic N) is 2. The SMILES string of the molecule is CC(C)(C)c1cc(C(c2ccccn2)N2CCOCC2)cc(C(C)(C)C)c1. The van der Waals surface area contributed by atoms with Crippen LogP contribution in [0.5, 0.6) is 0 Å². The van der Waals surface area contributed by atoms with E-state index in [1.165, 1.54) is 16.7 Å². The minimum absolute atomic E-state index is 0.107. The second-order valence-electron chi connectivity index (χ2n) is 9.65. The summed E-state index contributed by atoms with van der Waals surface area (Å²) in [5.41, 5.74) is 5.45. The van der Waals surface area contributed by atoms with Crippen molar-refractivity contribution in [2.45, 2.75) is 58.4 Å². The molecule has 0 saturated carbocycles. The van der Waals surface area contributed by atoms with Crippen molar-refractivity contribution in [3.05, 3.63) is 65.0 Å². The monoisotopic (exact) mass is 366 g/mol. The predicted molar refractivity (Wildman–Crippen MR) is 112 cm³/mol. The molecule has 1 aliphatic rings. The Bertz CT molecular complexity index is 718. The maximum Gasteiger partial charge on any atom is 0.0778 e. The number of rotatable bonds is 3. The van der Waals surface area contributed by atoms with Gasteiger partial charge in [0.1, 0.15) is 0 Å². The number of hydrogen-bond donors (Lipinski definition) is 0. The maximum atomic E-state index is 5.62. The van der Waals surface area contributed by atoms with Gasteiger partial charge in [-0.2, -0.15) is 0 Å². The Balaban J connectivity index is 2.15. The number of ether oxygens (including phenoxy) is 1. The second-order valence-corrected chi connectivity index (χ2v) is 9.65. The summed E-state index contributed by atoms with van der Waals surface area (Å²) >= 11 is 0. The van der Waals surface area contributed by atoms with Crippen molar-refractivity contribution < 1.29 is 4.74 Å². The molecule has 0 radical (unpaired) electrons. The molecule has 1 saturated heterocycles. The molecule has 27 heavy (non-hydrogen) atoms. The van der Waals surface area contributed by atoms with Gasteiger partial charge in [-0.3, -0.25) is 9.88 Å². The number of pyridine rings is 1. The molecule has 2 heterocycles. The van der Waals surface area contributed by atoms with Crippen LogP contribution in [0, 0.1) is 0 Å². The summed E-state index contributed by atoms with van der Waals surface area (Å²) in [4.78, 5) is 7.25. The predicted octanol–water partition coefficient (Wildman–Crippen LogP) is 5.10. The van der Waals surface area contributed by atoms with Gasteiger partial charge in [-0.1, -0.05) is 65.8 Å². The molecule has 2 aromatic rings. The van der Waals surface area contributed by atoms with Crippen molar-refractivity contribution in [3.8, 4) is 0 Å². The maximum absolute atomic E-state index is 5.62. The lowest BCUT2D eigenvalue weighted by atomic mass is 9.78. The quantitative estimate of drug-likeness (QED) is 0.756. The Labute approximate surface area is 164 Å². The lowest BCUT2D eigenvalue weighted by molar-refractivity contribution is 0.0232. The molecule has 3 nitrogen and oxygen atoms in total. The summed E-state index contributed by atoms with van der Waals surface area (Å²) in [7, 11) is 0. The minimum atomic E-state index is 0.107. The number of benzene rings is 1. The average molecular weight is 367 g/mol. The summed E-state index contributed by atoms with van der Waals surface area (Å²) in [6, 6.07) is 13.6. The normalized spacial score (nSPS) is 17.7. The van der Waals surface area contributed by atoms with Gasteiger partial charge in [-0.25, -0.2) is 0 Å². The van der Waals surface area contributed by atoms with Crippen molar-refractivity contribution in [2.75, 3.05) is 26.3 Å². The Hall–Kier alpha value is -1.71. The summed E-state index contributed by atoms with van der Waals surface area (Å²) in [6.45, 7) is 17.2. The fourth-order valence-corrected chi connectivity index (χ4v) is 3.62. The van der Waals surface area contributed by atoms with Crippen molar-refractivity contribution in [1.29, 1.82) is 0 Å². The van der Waals surface area contributed by atoms with Crippen LogP contribution in [0.2, 0.25) is 0 Å². The zero-order valence-corrected chi connectivity index (χ0v) is 17.7. The highest BCUT2D eigenvalue weighted by Crippen LogP contribution is 2.35. The molecule has 0 N–H and O–H groups in total. The molecule has 1 aromatic carbocycles. The van der Waals surface area contributed by atoms with Gasteiger partial charge in [0.2, 0.25) is 0 Å². The van der Waals surface area contributed by atoms with Gasteiger partial charge in [0.05, 0.1) is 24.9 Å². The molecule has 0 bridgehead atoms. The second kappa shape index (κ2) is 7.73. The molecule has 0 aliphatic carbocycles.